The first-order chi connectivity index (χ1) is 9.72. The molecule has 0 heterocycles. The molecular formula is C17H27Na2O4P. The predicted octanol–water partition coefficient (Wildman–Crippen LogP) is -3.01. The second-order valence-electron chi connectivity index (χ2n) is 7.87. The van der Waals surface area contributed by atoms with Gasteiger partial charge < -0.3 is 18.9 Å². The average Bonchev–Trinajstić information content (AvgIpc) is 2.26. The Morgan fingerprint density at radius 2 is 1.33 bits per heavy atom. The minimum Gasteiger partial charge on any atom is -0.790 e. The summed E-state index contributed by atoms with van der Waals surface area (Å²) in [5, 5.41) is 0. The Balaban J connectivity index is 0. The zero-order valence-electron chi connectivity index (χ0n) is 16.6. The maximum atomic E-state index is 10.7. The Hall–Kier alpha value is 1.33. The van der Waals surface area contributed by atoms with Crippen LogP contribution < -0.4 is 68.9 Å². The Labute approximate surface area is 191 Å². The van der Waals surface area contributed by atoms with Crippen molar-refractivity contribution in [3.05, 3.63) is 34.4 Å². The van der Waals surface area contributed by atoms with Crippen molar-refractivity contribution < 1.29 is 78.0 Å². The molecule has 1 rings (SSSR count). The van der Waals surface area contributed by atoms with Gasteiger partial charge in [-0.15, -0.1) is 0 Å². The van der Waals surface area contributed by atoms with E-state index in [9.17, 15) is 14.4 Å². The molecular weight excluding hydrogens is 345 g/mol. The van der Waals surface area contributed by atoms with Crippen LogP contribution in [0.25, 0.3) is 0 Å². The van der Waals surface area contributed by atoms with Crippen LogP contribution in [0.1, 0.15) is 63.8 Å². The molecule has 0 saturated carbocycles. The van der Waals surface area contributed by atoms with Crippen molar-refractivity contribution in [2.75, 3.05) is 6.61 Å². The van der Waals surface area contributed by atoms with Crippen LogP contribution in [0.2, 0.25) is 0 Å². The third kappa shape index (κ3) is 8.81. The van der Waals surface area contributed by atoms with Crippen molar-refractivity contribution in [2.24, 2.45) is 0 Å². The van der Waals surface area contributed by atoms with E-state index in [2.05, 4.69) is 65.1 Å². The minimum atomic E-state index is -4.92. The summed E-state index contributed by atoms with van der Waals surface area (Å²) >= 11 is 0. The largest absolute Gasteiger partial charge is 1.00 e. The number of hydrogen-bond donors (Lipinski definition) is 0. The molecule has 0 aromatic heterocycles. The predicted molar refractivity (Wildman–Crippen MR) is 85.8 cm³/mol. The van der Waals surface area contributed by atoms with Crippen LogP contribution in [0.15, 0.2) is 12.1 Å². The molecule has 4 nitrogen and oxygen atoms in total. The van der Waals surface area contributed by atoms with Crippen LogP contribution in [-0.4, -0.2) is 6.61 Å². The van der Waals surface area contributed by atoms with Gasteiger partial charge in [0.2, 0.25) is 0 Å². The van der Waals surface area contributed by atoms with Crippen LogP contribution in [0.3, 0.4) is 0 Å². The summed E-state index contributed by atoms with van der Waals surface area (Å²) in [5.74, 6) is 0. The summed E-state index contributed by atoms with van der Waals surface area (Å²) in [4.78, 5) is 21.4. The van der Waals surface area contributed by atoms with Crippen LogP contribution >= 0.6 is 7.82 Å². The fraction of sp³-hybridized carbons (Fsp3) is 0.647. The van der Waals surface area contributed by atoms with Crippen LogP contribution in [0.4, 0.5) is 0 Å². The molecule has 0 aliphatic rings. The first kappa shape index (κ1) is 27.5. The second kappa shape index (κ2) is 10.0. The number of phosphoric ester groups is 1. The molecule has 0 saturated heterocycles. The fourth-order valence-corrected chi connectivity index (χ4v) is 3.00. The fourth-order valence-electron chi connectivity index (χ4n) is 2.68. The molecule has 126 valence electrons. The van der Waals surface area contributed by atoms with E-state index in [1.165, 1.54) is 16.7 Å². The van der Waals surface area contributed by atoms with Crippen molar-refractivity contribution >= 4 is 7.82 Å². The van der Waals surface area contributed by atoms with Crippen LogP contribution in [-0.2, 0) is 26.3 Å². The average molecular weight is 372 g/mol. The van der Waals surface area contributed by atoms with Gasteiger partial charge in [-0.25, -0.2) is 0 Å². The summed E-state index contributed by atoms with van der Waals surface area (Å²) in [7, 11) is -4.92. The molecule has 0 unspecified atom stereocenters. The normalized spacial score (nSPS) is 12.4. The Morgan fingerprint density at radius 3 is 1.62 bits per heavy atom. The third-order valence-electron chi connectivity index (χ3n) is 3.61. The zero-order valence-corrected chi connectivity index (χ0v) is 21.5. The second-order valence-corrected chi connectivity index (χ2v) is 9.02. The SMILES string of the molecule is Cc1cc(C(C)(C)C)c(CCOP(=O)([O-])[O-])c(C(C)(C)C)c1.[Na+].[Na+]. The van der Waals surface area contributed by atoms with Crippen molar-refractivity contribution in [1.82, 2.24) is 0 Å². The van der Waals surface area contributed by atoms with Crippen molar-refractivity contribution in [3.8, 4) is 0 Å². The van der Waals surface area contributed by atoms with E-state index < -0.39 is 7.82 Å². The van der Waals surface area contributed by atoms with Gasteiger partial charge in [-0.2, -0.15) is 0 Å². The van der Waals surface area contributed by atoms with E-state index in [1.807, 2.05) is 0 Å². The molecule has 24 heavy (non-hydrogen) atoms. The number of aryl methyl sites for hydroxylation is 1. The first-order valence-electron chi connectivity index (χ1n) is 7.53. The Bertz CT molecular complexity index is 548. The molecule has 7 heteroatoms. The quantitative estimate of drug-likeness (QED) is 0.417. The molecule has 0 radical (unpaired) electrons. The molecule has 0 N–H and O–H groups in total. The van der Waals surface area contributed by atoms with Gasteiger partial charge in [-0.3, -0.25) is 0 Å². The van der Waals surface area contributed by atoms with Gasteiger partial charge in [0.15, 0.2) is 0 Å². The van der Waals surface area contributed by atoms with Crippen molar-refractivity contribution in [2.45, 2.75) is 65.7 Å². The summed E-state index contributed by atoms with van der Waals surface area (Å²) in [6, 6.07) is 4.27. The molecule has 0 amide bonds. The molecule has 0 bridgehead atoms. The van der Waals surface area contributed by atoms with Crippen LogP contribution in [0.5, 0.6) is 0 Å². The number of hydrogen-bond acceptors (Lipinski definition) is 4. The van der Waals surface area contributed by atoms with Crippen molar-refractivity contribution in [1.29, 1.82) is 0 Å². The standard InChI is InChI=1S/C17H29O4P.2Na/c1-12-10-14(16(2,3)4)13(8-9-21-22(18,19)20)15(11-12)17(5,6)7;;/h10-11H,8-9H2,1-7H3,(H2,18,19,20);;/q;2*+1/p-2. The van der Waals surface area contributed by atoms with Gasteiger partial charge in [-0.05, 0) is 40.9 Å². The molecule has 0 aliphatic heterocycles. The van der Waals surface area contributed by atoms with E-state index in [1.54, 1.807) is 0 Å². The monoisotopic (exact) mass is 372 g/mol. The maximum Gasteiger partial charge on any atom is 1.00 e. The Morgan fingerprint density at radius 1 is 0.958 bits per heavy atom. The first-order valence-corrected chi connectivity index (χ1v) is 8.99. The van der Waals surface area contributed by atoms with Gasteiger partial charge in [0.05, 0.1) is 14.4 Å². The van der Waals surface area contributed by atoms with E-state index >= 15 is 0 Å². The number of rotatable bonds is 4. The van der Waals surface area contributed by atoms with Gasteiger partial charge in [-0.1, -0.05) is 59.2 Å². The maximum absolute atomic E-state index is 10.7. The smallest absolute Gasteiger partial charge is 0.790 e. The van der Waals surface area contributed by atoms with Crippen LogP contribution in [0, 0.1) is 6.92 Å². The van der Waals surface area contributed by atoms with E-state index in [0.717, 1.165) is 5.56 Å². The summed E-state index contributed by atoms with van der Waals surface area (Å²) in [6.07, 6.45) is 0.411. The molecule has 0 fully saturated rings. The summed E-state index contributed by atoms with van der Waals surface area (Å²) in [5.41, 5.74) is 4.47. The summed E-state index contributed by atoms with van der Waals surface area (Å²) < 4.78 is 15.1. The van der Waals surface area contributed by atoms with Gasteiger partial charge in [0.1, 0.15) is 0 Å². The zero-order chi connectivity index (χ0) is 17.3. The minimum absolute atomic E-state index is 0. The summed E-state index contributed by atoms with van der Waals surface area (Å²) in [6.45, 7) is 14.7. The van der Waals surface area contributed by atoms with Crippen molar-refractivity contribution in [3.63, 3.8) is 0 Å². The third-order valence-corrected chi connectivity index (χ3v) is 4.11. The molecule has 0 aliphatic carbocycles. The van der Waals surface area contributed by atoms with Gasteiger partial charge in [0, 0.05) is 0 Å². The van der Waals surface area contributed by atoms with Gasteiger partial charge >= 0.3 is 59.1 Å². The number of phosphoric acid groups is 1. The van der Waals surface area contributed by atoms with Gasteiger partial charge in [0.25, 0.3) is 0 Å². The molecule has 0 atom stereocenters. The molecule has 1 aromatic carbocycles. The topological polar surface area (TPSA) is 72.4 Å². The Kier molecular flexibility index (Phi) is 11.5. The molecule has 0 spiro atoms. The molecule has 1 aromatic rings. The number of benzene rings is 1. The van der Waals surface area contributed by atoms with E-state index in [0.29, 0.717) is 6.42 Å². The van der Waals surface area contributed by atoms with E-state index in [-0.39, 0.29) is 76.6 Å². The van der Waals surface area contributed by atoms with E-state index in [4.69, 9.17) is 0 Å².